The molecule has 0 aliphatic carbocycles. The predicted octanol–water partition coefficient (Wildman–Crippen LogP) is 1.64. The van der Waals surface area contributed by atoms with Gasteiger partial charge in [0.05, 0.1) is 26.1 Å². The molecule has 0 bridgehead atoms. The van der Waals surface area contributed by atoms with E-state index in [1.165, 1.54) is 19.2 Å². The van der Waals surface area contributed by atoms with Crippen LogP contribution in [-0.4, -0.2) is 35.0 Å². The van der Waals surface area contributed by atoms with Crippen LogP contribution in [0, 0.1) is 0 Å². The van der Waals surface area contributed by atoms with Gasteiger partial charge in [-0.2, -0.15) is 0 Å². The molecule has 2 rings (SSSR count). The highest BCUT2D eigenvalue weighted by atomic mass is 16.5. The van der Waals surface area contributed by atoms with Gasteiger partial charge in [0.15, 0.2) is 17.3 Å². The molecule has 0 spiro atoms. The SMILES string of the molecule is CCOC(=O)C[C@@H](c1ccc(OC)c(O)c1)c1oc(CO)cc(=O)c1O. The van der Waals surface area contributed by atoms with Crippen molar-refractivity contribution in [2.45, 2.75) is 25.9 Å². The number of esters is 1. The van der Waals surface area contributed by atoms with Crippen LogP contribution in [0.2, 0.25) is 0 Å². The topological polar surface area (TPSA) is 126 Å². The normalized spacial score (nSPS) is 11.8. The Labute approximate surface area is 149 Å². The van der Waals surface area contributed by atoms with Crippen LogP contribution in [0.3, 0.4) is 0 Å². The van der Waals surface area contributed by atoms with Crippen molar-refractivity contribution in [3.8, 4) is 17.2 Å². The Morgan fingerprint density at radius 3 is 2.58 bits per heavy atom. The van der Waals surface area contributed by atoms with Crippen LogP contribution in [0.1, 0.15) is 36.3 Å². The summed E-state index contributed by atoms with van der Waals surface area (Å²) in [5.41, 5.74) is -0.355. The number of aliphatic hydroxyl groups is 1. The number of phenols is 1. The lowest BCUT2D eigenvalue weighted by Crippen LogP contribution is -2.15. The number of aromatic hydroxyl groups is 2. The number of ether oxygens (including phenoxy) is 2. The molecule has 3 N–H and O–H groups in total. The van der Waals surface area contributed by atoms with Crippen molar-refractivity contribution in [2.75, 3.05) is 13.7 Å². The summed E-state index contributed by atoms with van der Waals surface area (Å²) >= 11 is 0. The molecule has 0 aliphatic heterocycles. The first-order chi connectivity index (χ1) is 12.4. The highest BCUT2D eigenvalue weighted by Crippen LogP contribution is 2.37. The van der Waals surface area contributed by atoms with Gasteiger partial charge in [0.2, 0.25) is 11.2 Å². The average molecular weight is 364 g/mol. The van der Waals surface area contributed by atoms with Crippen molar-refractivity contribution in [2.24, 2.45) is 0 Å². The molecule has 1 aromatic heterocycles. The Morgan fingerprint density at radius 2 is 2.00 bits per heavy atom. The number of benzene rings is 1. The molecular formula is C18H20O8. The maximum absolute atomic E-state index is 12.0. The van der Waals surface area contributed by atoms with Gasteiger partial charge in [-0.15, -0.1) is 0 Å². The van der Waals surface area contributed by atoms with Crippen molar-refractivity contribution >= 4 is 5.97 Å². The van der Waals surface area contributed by atoms with Crippen molar-refractivity contribution in [1.82, 2.24) is 0 Å². The van der Waals surface area contributed by atoms with Crippen LogP contribution in [0.15, 0.2) is 33.5 Å². The third-order valence-corrected chi connectivity index (χ3v) is 3.75. The second-order valence-electron chi connectivity index (χ2n) is 5.44. The zero-order valence-electron chi connectivity index (χ0n) is 14.4. The molecule has 0 aliphatic rings. The number of hydrogen-bond donors (Lipinski definition) is 3. The van der Waals surface area contributed by atoms with Crippen LogP contribution in [0.5, 0.6) is 17.2 Å². The third-order valence-electron chi connectivity index (χ3n) is 3.75. The molecule has 8 nitrogen and oxygen atoms in total. The van der Waals surface area contributed by atoms with Gasteiger partial charge in [0.1, 0.15) is 12.4 Å². The zero-order chi connectivity index (χ0) is 19.3. The first-order valence-corrected chi connectivity index (χ1v) is 7.90. The fourth-order valence-corrected chi connectivity index (χ4v) is 2.54. The van der Waals surface area contributed by atoms with Crippen molar-refractivity contribution < 1.29 is 34.0 Å². The van der Waals surface area contributed by atoms with Crippen molar-refractivity contribution in [3.05, 3.63) is 51.6 Å². The number of aliphatic hydroxyl groups excluding tert-OH is 1. The summed E-state index contributed by atoms with van der Waals surface area (Å²) in [5, 5.41) is 29.4. The van der Waals surface area contributed by atoms with Gasteiger partial charge in [-0.25, -0.2) is 0 Å². The molecule has 1 aromatic carbocycles. The minimum Gasteiger partial charge on any atom is -0.504 e. The van der Waals surface area contributed by atoms with E-state index in [0.717, 1.165) is 6.07 Å². The lowest BCUT2D eigenvalue weighted by atomic mass is 9.92. The van der Waals surface area contributed by atoms with Gasteiger partial charge in [-0.05, 0) is 24.6 Å². The second kappa shape index (κ2) is 8.39. The molecule has 26 heavy (non-hydrogen) atoms. The van der Waals surface area contributed by atoms with E-state index in [-0.39, 0.29) is 36.0 Å². The van der Waals surface area contributed by atoms with Gasteiger partial charge >= 0.3 is 5.97 Å². The highest BCUT2D eigenvalue weighted by Gasteiger charge is 2.27. The summed E-state index contributed by atoms with van der Waals surface area (Å²) in [4.78, 5) is 23.9. The Morgan fingerprint density at radius 1 is 1.27 bits per heavy atom. The summed E-state index contributed by atoms with van der Waals surface area (Å²) in [7, 11) is 1.39. The molecule has 1 atom stereocenters. The van der Waals surface area contributed by atoms with E-state index in [1.54, 1.807) is 13.0 Å². The smallest absolute Gasteiger partial charge is 0.306 e. The van der Waals surface area contributed by atoms with Crippen LogP contribution in [0.25, 0.3) is 0 Å². The third kappa shape index (κ3) is 4.15. The van der Waals surface area contributed by atoms with Crippen molar-refractivity contribution in [1.29, 1.82) is 0 Å². The van der Waals surface area contributed by atoms with Gasteiger partial charge < -0.3 is 29.2 Å². The van der Waals surface area contributed by atoms with E-state index in [2.05, 4.69) is 0 Å². The number of hydrogen-bond acceptors (Lipinski definition) is 8. The summed E-state index contributed by atoms with van der Waals surface area (Å²) < 4.78 is 15.3. The van der Waals surface area contributed by atoms with E-state index in [9.17, 15) is 24.9 Å². The lowest BCUT2D eigenvalue weighted by molar-refractivity contribution is -0.143. The average Bonchev–Trinajstić information content (AvgIpc) is 2.62. The molecule has 0 amide bonds. The minimum absolute atomic E-state index is 0.0607. The van der Waals surface area contributed by atoms with Gasteiger partial charge in [0.25, 0.3) is 0 Å². The zero-order valence-corrected chi connectivity index (χ0v) is 14.4. The number of rotatable bonds is 7. The Bertz CT molecular complexity index is 840. The quantitative estimate of drug-likeness (QED) is 0.633. The summed E-state index contributed by atoms with van der Waals surface area (Å²) in [5.74, 6) is -2.38. The maximum Gasteiger partial charge on any atom is 0.306 e. The first kappa shape index (κ1) is 19.3. The van der Waals surface area contributed by atoms with Crippen LogP contribution in [0.4, 0.5) is 0 Å². The summed E-state index contributed by atoms with van der Waals surface area (Å²) in [6.07, 6.45) is -0.245. The van der Waals surface area contributed by atoms with Crippen LogP contribution < -0.4 is 10.2 Å². The van der Waals surface area contributed by atoms with Gasteiger partial charge in [-0.1, -0.05) is 6.07 Å². The molecule has 0 saturated carbocycles. The fourth-order valence-electron chi connectivity index (χ4n) is 2.54. The second-order valence-corrected chi connectivity index (χ2v) is 5.44. The monoisotopic (exact) mass is 364 g/mol. The molecule has 140 valence electrons. The highest BCUT2D eigenvalue weighted by molar-refractivity contribution is 5.71. The van der Waals surface area contributed by atoms with Crippen LogP contribution >= 0.6 is 0 Å². The number of carbonyl (C=O) groups excluding carboxylic acids is 1. The molecule has 0 saturated heterocycles. The molecule has 0 radical (unpaired) electrons. The molecule has 2 aromatic rings. The van der Waals surface area contributed by atoms with E-state index in [1.807, 2.05) is 0 Å². The lowest BCUT2D eigenvalue weighted by Gasteiger charge is -2.18. The maximum atomic E-state index is 12.0. The Hall–Kier alpha value is -3.00. The largest absolute Gasteiger partial charge is 0.504 e. The molecule has 1 heterocycles. The summed E-state index contributed by atoms with van der Waals surface area (Å²) in [6.45, 7) is 1.25. The minimum atomic E-state index is -0.912. The van der Waals surface area contributed by atoms with E-state index in [0.29, 0.717) is 5.56 Å². The number of methoxy groups -OCH3 is 1. The van der Waals surface area contributed by atoms with Gasteiger partial charge in [0, 0.05) is 6.07 Å². The van der Waals surface area contributed by atoms with Gasteiger partial charge in [-0.3, -0.25) is 9.59 Å². The molecule has 0 fully saturated rings. The van der Waals surface area contributed by atoms with Crippen molar-refractivity contribution in [3.63, 3.8) is 0 Å². The predicted molar refractivity (Wildman–Crippen MR) is 90.3 cm³/mol. The number of phenolic OH excluding ortho intramolecular Hbond substituents is 1. The summed E-state index contributed by atoms with van der Waals surface area (Å²) in [6, 6.07) is 5.35. The van der Waals surface area contributed by atoms with E-state index in [4.69, 9.17) is 13.9 Å². The number of carbonyl (C=O) groups is 1. The molecule has 0 unspecified atom stereocenters. The molecule has 8 heteroatoms. The Balaban J connectivity index is 2.58. The fraction of sp³-hybridized carbons (Fsp3) is 0.333. The van der Waals surface area contributed by atoms with E-state index < -0.39 is 29.7 Å². The first-order valence-electron chi connectivity index (χ1n) is 7.90. The Kier molecular flexibility index (Phi) is 6.24. The van der Waals surface area contributed by atoms with Crippen LogP contribution in [-0.2, 0) is 16.1 Å². The van der Waals surface area contributed by atoms with E-state index >= 15 is 0 Å². The molecular weight excluding hydrogens is 344 g/mol. The standard InChI is InChI=1S/C18H20O8/c1-3-25-16(22)8-12(10-4-5-15(24-2)13(20)6-10)18-17(23)14(21)7-11(9-19)26-18/h4-7,12,19-20,23H,3,8-9H2,1-2H3/t12-/m0/s1.